The minimum absolute atomic E-state index is 0.266. The summed E-state index contributed by atoms with van der Waals surface area (Å²) in [6.07, 6.45) is 5.58. The number of hydrogen-bond donors (Lipinski definition) is 3. The monoisotopic (exact) mass is 341 g/mol. The molecule has 2 atom stereocenters. The SMILES string of the molecule is CC1CCN(CC(O)CNC2CCc3[nH]c4ccccc4c3C2)CC1. The van der Waals surface area contributed by atoms with Gasteiger partial charge < -0.3 is 20.3 Å². The number of β-amino-alcohol motifs (C(OH)–C–C–N with tert-alkyl or cyclic N) is 1. The maximum absolute atomic E-state index is 10.4. The number of likely N-dealkylation sites (tertiary alicyclic amines) is 1. The Morgan fingerprint density at radius 1 is 1.24 bits per heavy atom. The molecule has 0 bridgehead atoms. The lowest BCUT2D eigenvalue weighted by atomic mass is 9.91. The van der Waals surface area contributed by atoms with Gasteiger partial charge in [0.15, 0.2) is 0 Å². The number of nitrogens with one attached hydrogen (secondary N) is 2. The molecule has 0 radical (unpaired) electrons. The molecule has 4 heteroatoms. The fourth-order valence-corrected chi connectivity index (χ4v) is 4.45. The number of fused-ring (bicyclic) bond motifs is 3. The summed E-state index contributed by atoms with van der Waals surface area (Å²) in [5, 5.41) is 15.4. The summed E-state index contributed by atoms with van der Waals surface area (Å²) in [6, 6.07) is 9.08. The Morgan fingerprint density at radius 3 is 2.88 bits per heavy atom. The molecule has 2 aromatic rings. The summed E-state index contributed by atoms with van der Waals surface area (Å²) in [7, 11) is 0. The first-order chi connectivity index (χ1) is 12.2. The van der Waals surface area contributed by atoms with Crippen LogP contribution in [0.5, 0.6) is 0 Å². The summed E-state index contributed by atoms with van der Waals surface area (Å²) >= 11 is 0. The van der Waals surface area contributed by atoms with Crippen LogP contribution in [0.3, 0.4) is 0 Å². The van der Waals surface area contributed by atoms with Crippen molar-refractivity contribution in [3.05, 3.63) is 35.5 Å². The number of benzene rings is 1. The van der Waals surface area contributed by atoms with Crippen molar-refractivity contribution in [3.8, 4) is 0 Å². The second kappa shape index (κ2) is 7.48. The number of hydrogen-bond acceptors (Lipinski definition) is 3. The fraction of sp³-hybridized carbons (Fsp3) is 0.619. The number of aryl methyl sites for hydroxylation is 1. The van der Waals surface area contributed by atoms with Gasteiger partial charge in [0.05, 0.1) is 6.10 Å². The highest BCUT2D eigenvalue weighted by atomic mass is 16.3. The lowest BCUT2D eigenvalue weighted by Gasteiger charge is -2.32. The number of aliphatic hydroxyl groups excluding tert-OH is 1. The van der Waals surface area contributed by atoms with Gasteiger partial charge in [0.25, 0.3) is 0 Å². The number of aromatic nitrogens is 1. The number of rotatable bonds is 5. The molecule has 1 fully saturated rings. The van der Waals surface area contributed by atoms with Gasteiger partial charge in [0.2, 0.25) is 0 Å². The fourth-order valence-electron chi connectivity index (χ4n) is 4.45. The molecular weight excluding hydrogens is 310 g/mol. The molecule has 0 saturated carbocycles. The molecule has 2 heterocycles. The minimum atomic E-state index is -0.266. The lowest BCUT2D eigenvalue weighted by Crippen LogP contribution is -2.45. The molecule has 0 amide bonds. The van der Waals surface area contributed by atoms with Crippen LogP contribution in [0.15, 0.2) is 24.3 Å². The molecule has 136 valence electrons. The van der Waals surface area contributed by atoms with E-state index in [4.69, 9.17) is 0 Å². The smallest absolute Gasteiger partial charge is 0.0791 e. The van der Waals surface area contributed by atoms with E-state index in [1.807, 2.05) is 0 Å². The van der Waals surface area contributed by atoms with Gasteiger partial charge in [-0.1, -0.05) is 25.1 Å². The zero-order chi connectivity index (χ0) is 17.2. The van der Waals surface area contributed by atoms with Gasteiger partial charge in [-0.2, -0.15) is 0 Å². The standard InChI is InChI=1S/C21H31N3O/c1-15-8-10-24(11-9-15)14-17(25)13-22-16-6-7-21-19(12-16)18-4-2-3-5-20(18)23-21/h2-5,15-17,22-23,25H,6-14H2,1H3. The average molecular weight is 341 g/mol. The third-order valence-corrected chi connectivity index (χ3v) is 6.08. The van der Waals surface area contributed by atoms with Gasteiger partial charge in [-0.25, -0.2) is 0 Å². The van der Waals surface area contributed by atoms with Gasteiger partial charge in [-0.05, 0) is 62.7 Å². The van der Waals surface area contributed by atoms with Gasteiger partial charge in [-0.15, -0.1) is 0 Å². The van der Waals surface area contributed by atoms with Gasteiger partial charge in [0.1, 0.15) is 0 Å². The summed E-state index contributed by atoms with van der Waals surface area (Å²) in [5.74, 6) is 0.846. The van der Waals surface area contributed by atoms with E-state index < -0.39 is 0 Å². The Labute approximate surface area is 150 Å². The Balaban J connectivity index is 1.29. The van der Waals surface area contributed by atoms with Crippen molar-refractivity contribution in [2.45, 2.75) is 51.2 Å². The summed E-state index contributed by atoms with van der Waals surface area (Å²) < 4.78 is 0. The summed E-state index contributed by atoms with van der Waals surface area (Å²) in [5.41, 5.74) is 4.13. The number of aromatic amines is 1. The molecule has 1 aliphatic carbocycles. The highest BCUT2D eigenvalue weighted by molar-refractivity contribution is 5.84. The van der Waals surface area contributed by atoms with Crippen LogP contribution in [0.4, 0.5) is 0 Å². The van der Waals surface area contributed by atoms with E-state index in [0.717, 1.165) is 44.8 Å². The third kappa shape index (κ3) is 3.91. The quantitative estimate of drug-likeness (QED) is 0.784. The number of nitrogens with zero attached hydrogens (tertiary/aromatic N) is 1. The lowest BCUT2D eigenvalue weighted by molar-refractivity contribution is 0.0884. The first-order valence-electron chi connectivity index (χ1n) is 9.91. The Kier molecular flexibility index (Phi) is 5.11. The molecule has 4 rings (SSSR count). The maximum atomic E-state index is 10.4. The van der Waals surface area contributed by atoms with E-state index in [1.165, 1.54) is 35.0 Å². The topological polar surface area (TPSA) is 51.3 Å². The van der Waals surface area contributed by atoms with Crippen molar-refractivity contribution < 1.29 is 5.11 Å². The van der Waals surface area contributed by atoms with Crippen LogP contribution in [0.1, 0.15) is 37.4 Å². The van der Waals surface area contributed by atoms with Gasteiger partial charge in [-0.3, -0.25) is 0 Å². The first-order valence-corrected chi connectivity index (χ1v) is 9.91. The summed E-state index contributed by atoms with van der Waals surface area (Å²) in [4.78, 5) is 6.00. The first kappa shape index (κ1) is 17.1. The molecule has 2 unspecified atom stereocenters. The van der Waals surface area contributed by atoms with Crippen LogP contribution in [0.25, 0.3) is 10.9 Å². The van der Waals surface area contributed by atoms with Crippen LogP contribution in [0, 0.1) is 5.92 Å². The van der Waals surface area contributed by atoms with Crippen molar-refractivity contribution in [2.75, 3.05) is 26.2 Å². The van der Waals surface area contributed by atoms with Crippen LogP contribution < -0.4 is 5.32 Å². The molecule has 4 nitrogen and oxygen atoms in total. The molecule has 3 N–H and O–H groups in total. The van der Waals surface area contributed by atoms with Crippen LogP contribution in [0.2, 0.25) is 0 Å². The number of aliphatic hydroxyl groups is 1. The molecule has 1 aliphatic heterocycles. The van der Waals surface area contributed by atoms with Crippen molar-refractivity contribution in [1.82, 2.24) is 15.2 Å². The molecule has 0 spiro atoms. The molecule has 1 aromatic carbocycles. The van der Waals surface area contributed by atoms with E-state index >= 15 is 0 Å². The van der Waals surface area contributed by atoms with Crippen LogP contribution in [-0.4, -0.2) is 53.3 Å². The second-order valence-corrected chi connectivity index (χ2v) is 8.11. The van der Waals surface area contributed by atoms with Crippen LogP contribution >= 0.6 is 0 Å². The van der Waals surface area contributed by atoms with E-state index in [9.17, 15) is 5.11 Å². The molecular formula is C21H31N3O. The molecule has 2 aliphatic rings. The molecule has 1 saturated heterocycles. The van der Waals surface area contributed by atoms with Crippen molar-refractivity contribution in [1.29, 1.82) is 0 Å². The van der Waals surface area contributed by atoms with E-state index in [0.29, 0.717) is 12.6 Å². The predicted octanol–water partition coefficient (Wildman–Crippen LogP) is 2.71. The molecule has 25 heavy (non-hydrogen) atoms. The Hall–Kier alpha value is -1.36. The highest BCUT2D eigenvalue weighted by Gasteiger charge is 2.23. The minimum Gasteiger partial charge on any atom is -0.390 e. The Morgan fingerprint density at radius 2 is 2.04 bits per heavy atom. The maximum Gasteiger partial charge on any atom is 0.0791 e. The number of para-hydroxylation sites is 1. The molecule has 1 aromatic heterocycles. The van der Waals surface area contributed by atoms with Crippen molar-refractivity contribution in [2.24, 2.45) is 5.92 Å². The Bertz CT molecular complexity index is 702. The van der Waals surface area contributed by atoms with Crippen LogP contribution in [-0.2, 0) is 12.8 Å². The largest absolute Gasteiger partial charge is 0.390 e. The average Bonchev–Trinajstić information content (AvgIpc) is 3.00. The van der Waals surface area contributed by atoms with Gasteiger partial charge >= 0.3 is 0 Å². The third-order valence-electron chi connectivity index (χ3n) is 6.08. The highest BCUT2D eigenvalue weighted by Crippen LogP contribution is 2.29. The number of piperidine rings is 1. The second-order valence-electron chi connectivity index (χ2n) is 8.11. The van der Waals surface area contributed by atoms with Gasteiger partial charge in [0, 0.05) is 35.7 Å². The summed E-state index contributed by atoms with van der Waals surface area (Å²) in [6.45, 7) is 6.12. The number of H-pyrrole nitrogens is 1. The van der Waals surface area contributed by atoms with Crippen molar-refractivity contribution >= 4 is 10.9 Å². The van der Waals surface area contributed by atoms with E-state index in [2.05, 4.69) is 46.4 Å². The predicted molar refractivity (Wildman–Crippen MR) is 103 cm³/mol. The zero-order valence-corrected chi connectivity index (χ0v) is 15.3. The zero-order valence-electron chi connectivity index (χ0n) is 15.3. The van der Waals surface area contributed by atoms with E-state index in [1.54, 1.807) is 0 Å². The normalized spacial score (nSPS) is 23.7. The van der Waals surface area contributed by atoms with E-state index in [-0.39, 0.29) is 6.10 Å². The van der Waals surface area contributed by atoms with Crippen molar-refractivity contribution in [3.63, 3.8) is 0 Å².